The number of aromatic hydroxyl groups is 1. The summed E-state index contributed by atoms with van der Waals surface area (Å²) in [5, 5.41) is 10.7. The molecule has 0 unspecified atom stereocenters. The maximum absolute atomic E-state index is 13.2. The van der Waals surface area contributed by atoms with E-state index < -0.39 is 0 Å². The van der Waals surface area contributed by atoms with Crippen LogP contribution in [0.1, 0.15) is 11.1 Å². The molecule has 0 saturated carbocycles. The largest absolute Gasteiger partial charge is 0.507 e. The molecule has 39 heavy (non-hydrogen) atoms. The van der Waals surface area contributed by atoms with Crippen molar-refractivity contribution in [3.8, 4) is 28.4 Å². The molecule has 5 rings (SSSR count). The molecular formula is C32H27NO6. The number of nitrogens with zero attached hydrogens (tertiary/aromatic N) is 1. The number of carbonyl (C=O) groups excluding carboxylic acids is 1. The summed E-state index contributed by atoms with van der Waals surface area (Å²) in [4.78, 5) is 28.1. The lowest BCUT2D eigenvalue weighted by molar-refractivity contribution is -0.134. The van der Waals surface area contributed by atoms with Gasteiger partial charge in [0.1, 0.15) is 34.5 Å². The van der Waals surface area contributed by atoms with E-state index in [-0.39, 0.29) is 40.4 Å². The highest BCUT2D eigenvalue weighted by molar-refractivity contribution is 5.88. The van der Waals surface area contributed by atoms with Gasteiger partial charge < -0.3 is 23.9 Å². The lowest BCUT2D eigenvalue weighted by Gasteiger charge is -2.23. The summed E-state index contributed by atoms with van der Waals surface area (Å²) in [6.45, 7) is 0.590. The standard InChI is InChI=1S/C32H27NO6/c1-37-25-14-12-24(13-15-25)27-20-39-29-17-26(16-28(34)31(29)32(27)36)38-21-30(35)33(18-22-8-4-2-5-9-22)19-23-10-6-3-7-11-23/h2-17,20,34H,18-19,21H2,1H3. The van der Waals surface area contributed by atoms with Gasteiger partial charge in [-0.15, -0.1) is 0 Å². The normalized spacial score (nSPS) is 10.8. The zero-order chi connectivity index (χ0) is 27.2. The Hall–Kier alpha value is -5.04. The molecule has 1 aromatic heterocycles. The average Bonchev–Trinajstić information content (AvgIpc) is 2.97. The van der Waals surface area contributed by atoms with Crippen molar-refractivity contribution in [2.45, 2.75) is 13.1 Å². The first kappa shape index (κ1) is 25.6. The first-order valence-electron chi connectivity index (χ1n) is 12.4. The second kappa shape index (κ2) is 11.6. The maximum atomic E-state index is 13.2. The molecule has 0 fully saturated rings. The van der Waals surface area contributed by atoms with Gasteiger partial charge in [0, 0.05) is 25.2 Å². The Kier molecular flexibility index (Phi) is 7.59. The van der Waals surface area contributed by atoms with Crippen LogP contribution in [0.3, 0.4) is 0 Å². The number of hydrogen-bond acceptors (Lipinski definition) is 6. The van der Waals surface area contributed by atoms with E-state index in [1.165, 1.54) is 18.4 Å². The Morgan fingerprint density at radius 2 is 1.46 bits per heavy atom. The van der Waals surface area contributed by atoms with Crippen molar-refractivity contribution < 1.29 is 23.8 Å². The summed E-state index contributed by atoms with van der Waals surface area (Å²) in [6, 6.07) is 29.3. The quantitative estimate of drug-likeness (QED) is 0.264. The molecule has 196 valence electrons. The molecule has 0 saturated heterocycles. The van der Waals surface area contributed by atoms with Crippen LogP contribution >= 0.6 is 0 Å². The highest BCUT2D eigenvalue weighted by atomic mass is 16.5. The van der Waals surface area contributed by atoms with Crippen LogP contribution in [0.2, 0.25) is 0 Å². The highest BCUT2D eigenvalue weighted by Gasteiger charge is 2.18. The number of fused-ring (bicyclic) bond motifs is 1. The third-order valence-corrected chi connectivity index (χ3v) is 6.38. The minimum Gasteiger partial charge on any atom is -0.507 e. The minimum absolute atomic E-state index is 0.0387. The lowest BCUT2D eigenvalue weighted by atomic mass is 10.0. The number of carbonyl (C=O) groups is 1. The van der Waals surface area contributed by atoms with Gasteiger partial charge in [0.25, 0.3) is 5.91 Å². The number of methoxy groups -OCH3 is 1. The fourth-order valence-corrected chi connectivity index (χ4v) is 4.34. The second-order valence-electron chi connectivity index (χ2n) is 9.03. The van der Waals surface area contributed by atoms with E-state index in [0.717, 1.165) is 11.1 Å². The fourth-order valence-electron chi connectivity index (χ4n) is 4.34. The summed E-state index contributed by atoms with van der Waals surface area (Å²) in [5.41, 5.74) is 2.72. The average molecular weight is 522 g/mol. The van der Waals surface area contributed by atoms with Gasteiger partial charge in [0.05, 0.1) is 12.7 Å². The van der Waals surface area contributed by atoms with Crippen LogP contribution in [0.25, 0.3) is 22.1 Å². The number of amides is 1. The van der Waals surface area contributed by atoms with Crippen molar-refractivity contribution >= 4 is 16.9 Å². The van der Waals surface area contributed by atoms with Gasteiger partial charge in [0.15, 0.2) is 6.61 Å². The molecule has 0 radical (unpaired) electrons. The van der Waals surface area contributed by atoms with Gasteiger partial charge >= 0.3 is 0 Å². The lowest BCUT2D eigenvalue weighted by Crippen LogP contribution is -2.34. The van der Waals surface area contributed by atoms with E-state index in [4.69, 9.17) is 13.9 Å². The van der Waals surface area contributed by atoms with Crippen LogP contribution in [0.4, 0.5) is 0 Å². The Morgan fingerprint density at radius 1 is 0.846 bits per heavy atom. The summed E-state index contributed by atoms with van der Waals surface area (Å²) in [5.74, 6) is 0.366. The summed E-state index contributed by atoms with van der Waals surface area (Å²) < 4.78 is 16.6. The molecule has 1 N–H and O–H groups in total. The van der Waals surface area contributed by atoms with E-state index in [1.807, 2.05) is 60.7 Å². The first-order valence-corrected chi connectivity index (χ1v) is 12.4. The molecule has 1 amide bonds. The Morgan fingerprint density at radius 3 is 2.05 bits per heavy atom. The number of phenols is 1. The smallest absolute Gasteiger partial charge is 0.261 e. The highest BCUT2D eigenvalue weighted by Crippen LogP contribution is 2.31. The van der Waals surface area contributed by atoms with Crippen LogP contribution in [-0.4, -0.2) is 29.6 Å². The molecule has 7 heteroatoms. The van der Waals surface area contributed by atoms with Gasteiger partial charge in [-0.05, 0) is 28.8 Å². The van der Waals surface area contributed by atoms with Crippen LogP contribution in [0.5, 0.6) is 17.2 Å². The van der Waals surface area contributed by atoms with Gasteiger partial charge in [-0.3, -0.25) is 9.59 Å². The third kappa shape index (κ3) is 5.93. The van der Waals surface area contributed by atoms with Crippen LogP contribution in [0.15, 0.2) is 113 Å². The second-order valence-corrected chi connectivity index (χ2v) is 9.03. The fraction of sp³-hybridized carbons (Fsp3) is 0.125. The zero-order valence-corrected chi connectivity index (χ0v) is 21.4. The van der Waals surface area contributed by atoms with E-state index in [2.05, 4.69) is 0 Å². The van der Waals surface area contributed by atoms with Gasteiger partial charge in [0.2, 0.25) is 5.43 Å². The molecule has 5 aromatic rings. The van der Waals surface area contributed by atoms with Gasteiger partial charge in [-0.1, -0.05) is 72.8 Å². The van der Waals surface area contributed by atoms with E-state index in [9.17, 15) is 14.7 Å². The monoisotopic (exact) mass is 521 g/mol. The van der Waals surface area contributed by atoms with Crippen molar-refractivity contribution in [3.05, 3.63) is 125 Å². The van der Waals surface area contributed by atoms with Crippen LogP contribution in [0, 0.1) is 0 Å². The number of ether oxygens (including phenoxy) is 2. The zero-order valence-electron chi connectivity index (χ0n) is 21.4. The maximum Gasteiger partial charge on any atom is 0.261 e. The third-order valence-electron chi connectivity index (χ3n) is 6.38. The molecule has 0 atom stereocenters. The number of rotatable bonds is 9. The summed E-state index contributed by atoms with van der Waals surface area (Å²) in [7, 11) is 1.56. The van der Waals surface area contributed by atoms with Crippen molar-refractivity contribution in [1.82, 2.24) is 4.90 Å². The van der Waals surface area contributed by atoms with E-state index in [1.54, 1.807) is 36.3 Å². The predicted molar refractivity (Wildman–Crippen MR) is 149 cm³/mol. The minimum atomic E-state index is -0.376. The Balaban J connectivity index is 1.35. The van der Waals surface area contributed by atoms with Crippen LogP contribution < -0.4 is 14.9 Å². The van der Waals surface area contributed by atoms with Gasteiger partial charge in [-0.2, -0.15) is 0 Å². The molecule has 0 aliphatic rings. The summed E-state index contributed by atoms with van der Waals surface area (Å²) >= 11 is 0. The number of hydrogen-bond donors (Lipinski definition) is 1. The predicted octanol–water partition coefficient (Wildman–Crippen LogP) is 5.78. The molecule has 0 aliphatic heterocycles. The van der Waals surface area contributed by atoms with Crippen molar-refractivity contribution in [3.63, 3.8) is 0 Å². The summed E-state index contributed by atoms with van der Waals surface area (Å²) in [6.07, 6.45) is 1.35. The molecule has 0 bridgehead atoms. The van der Waals surface area contributed by atoms with Crippen molar-refractivity contribution in [2.24, 2.45) is 0 Å². The SMILES string of the molecule is COc1ccc(-c2coc3cc(OCC(=O)N(Cc4ccccc4)Cc4ccccc4)cc(O)c3c2=O)cc1. The molecular weight excluding hydrogens is 494 g/mol. The van der Waals surface area contributed by atoms with E-state index in [0.29, 0.717) is 30.0 Å². The number of phenolic OH excluding ortho intramolecular Hbond substituents is 1. The van der Waals surface area contributed by atoms with Crippen molar-refractivity contribution in [1.29, 1.82) is 0 Å². The number of benzene rings is 4. The molecule has 4 aromatic carbocycles. The first-order chi connectivity index (χ1) is 19.0. The topological polar surface area (TPSA) is 89.2 Å². The van der Waals surface area contributed by atoms with E-state index >= 15 is 0 Å². The van der Waals surface area contributed by atoms with Gasteiger partial charge in [-0.25, -0.2) is 0 Å². The van der Waals surface area contributed by atoms with Crippen LogP contribution in [-0.2, 0) is 17.9 Å². The molecule has 0 spiro atoms. The molecule has 1 heterocycles. The Bertz CT molecular complexity index is 1590. The molecule has 0 aliphatic carbocycles. The molecule has 7 nitrogen and oxygen atoms in total. The van der Waals surface area contributed by atoms with Crippen molar-refractivity contribution in [2.75, 3.05) is 13.7 Å². The Labute approximate surface area is 225 Å².